The summed E-state index contributed by atoms with van der Waals surface area (Å²) in [5, 5.41) is 0. The van der Waals surface area contributed by atoms with Crippen LogP contribution >= 0.6 is 0 Å². The number of alkyl halides is 3. The summed E-state index contributed by atoms with van der Waals surface area (Å²) < 4.78 is 49.3. The second-order valence-corrected chi connectivity index (χ2v) is 2.85. The number of rotatable bonds is 2. The number of hydrogen-bond donors (Lipinski definition) is 0. The molecular weight excluding hydrogens is 196 g/mol. The number of halogens is 4. The molecule has 0 N–H and O–H groups in total. The monoisotopic (exact) mass is 205 g/mol. The third-order valence-electron chi connectivity index (χ3n) is 1.74. The first-order valence-electron chi connectivity index (χ1n) is 4.15. The van der Waals surface area contributed by atoms with Gasteiger partial charge in [0.2, 0.25) is 0 Å². The average molecular weight is 205 g/mol. The van der Waals surface area contributed by atoms with Crippen molar-refractivity contribution in [3.8, 4) is 0 Å². The molecule has 77 valence electrons. The van der Waals surface area contributed by atoms with E-state index in [0.717, 1.165) is 12.1 Å². The second kappa shape index (κ2) is 3.98. The zero-order valence-electron chi connectivity index (χ0n) is 7.53. The predicted molar refractivity (Wildman–Crippen MR) is 45.1 cm³/mol. The van der Waals surface area contributed by atoms with Gasteiger partial charge in [-0.05, 0) is 30.5 Å². The Morgan fingerprint density at radius 2 is 1.93 bits per heavy atom. The van der Waals surface area contributed by atoms with Gasteiger partial charge >= 0.3 is 6.18 Å². The fraction of sp³-hybridized carbons (Fsp3) is 0.300. The summed E-state index contributed by atoms with van der Waals surface area (Å²) in [5.74, 6) is -1.22. The lowest BCUT2D eigenvalue weighted by Gasteiger charge is -2.08. The molecule has 1 rings (SSSR count). The number of benzene rings is 1. The van der Waals surface area contributed by atoms with Gasteiger partial charge in [-0.1, -0.05) is 13.0 Å². The summed E-state index contributed by atoms with van der Waals surface area (Å²) in [4.78, 5) is 0. The van der Waals surface area contributed by atoms with Crippen molar-refractivity contribution in [1.29, 1.82) is 0 Å². The van der Waals surface area contributed by atoms with Gasteiger partial charge in [0.05, 0.1) is 5.56 Å². The highest BCUT2D eigenvalue weighted by atomic mass is 19.4. The molecule has 0 nitrogen and oxygen atoms in total. The van der Waals surface area contributed by atoms with Crippen molar-refractivity contribution in [1.82, 2.24) is 0 Å². The van der Waals surface area contributed by atoms with Crippen LogP contribution in [0.5, 0.6) is 0 Å². The van der Waals surface area contributed by atoms with E-state index >= 15 is 0 Å². The number of hydrogen-bond acceptors (Lipinski definition) is 0. The van der Waals surface area contributed by atoms with Gasteiger partial charge in [0.15, 0.2) is 0 Å². The largest absolute Gasteiger partial charge is 0.419 e. The Hall–Kier alpha value is -1.06. The molecule has 0 atom stereocenters. The average Bonchev–Trinajstić information content (AvgIpc) is 2.02. The van der Waals surface area contributed by atoms with Crippen molar-refractivity contribution in [2.45, 2.75) is 19.5 Å². The first kappa shape index (κ1) is 11.0. The second-order valence-electron chi connectivity index (χ2n) is 2.85. The van der Waals surface area contributed by atoms with Crippen LogP contribution in [-0.4, -0.2) is 0 Å². The molecule has 14 heavy (non-hydrogen) atoms. The zero-order chi connectivity index (χ0) is 10.8. The van der Waals surface area contributed by atoms with Gasteiger partial charge in [0.25, 0.3) is 0 Å². The normalized spacial score (nSPS) is 11.8. The first-order chi connectivity index (χ1) is 6.45. The van der Waals surface area contributed by atoms with Gasteiger partial charge in [-0.25, -0.2) is 4.39 Å². The molecule has 1 aromatic rings. The van der Waals surface area contributed by atoms with Crippen LogP contribution in [-0.2, 0) is 6.18 Å². The Balaban J connectivity index is 3.02. The van der Waals surface area contributed by atoms with E-state index in [1.165, 1.54) is 6.07 Å². The highest BCUT2D eigenvalue weighted by Gasteiger charge is 2.33. The molecule has 0 amide bonds. The van der Waals surface area contributed by atoms with Crippen LogP contribution in [0.1, 0.15) is 24.5 Å². The molecule has 0 aliphatic carbocycles. The molecule has 1 aromatic carbocycles. The fourth-order valence-corrected chi connectivity index (χ4v) is 1.12. The molecule has 4 heteroatoms. The smallest absolute Gasteiger partial charge is 0.206 e. The van der Waals surface area contributed by atoms with E-state index in [1.807, 2.05) is 6.92 Å². The maximum absolute atomic E-state index is 12.9. The molecule has 0 aliphatic heterocycles. The van der Waals surface area contributed by atoms with Crippen molar-refractivity contribution in [3.05, 3.63) is 41.6 Å². The lowest BCUT2D eigenvalue weighted by Crippen LogP contribution is -2.08. The van der Waals surface area contributed by atoms with Crippen LogP contribution in [0, 0.1) is 12.2 Å². The Morgan fingerprint density at radius 3 is 2.36 bits per heavy atom. The fourth-order valence-electron chi connectivity index (χ4n) is 1.12. The van der Waals surface area contributed by atoms with Gasteiger partial charge < -0.3 is 0 Å². The van der Waals surface area contributed by atoms with Gasteiger partial charge in [0, 0.05) is 0 Å². The molecule has 0 spiro atoms. The van der Waals surface area contributed by atoms with E-state index < -0.39 is 17.6 Å². The van der Waals surface area contributed by atoms with Crippen LogP contribution in [0.3, 0.4) is 0 Å². The minimum Gasteiger partial charge on any atom is -0.206 e. The Kier molecular flexibility index (Phi) is 3.13. The summed E-state index contributed by atoms with van der Waals surface area (Å²) in [6.45, 7) is 1.83. The van der Waals surface area contributed by atoms with E-state index in [1.54, 1.807) is 6.42 Å². The molecule has 0 saturated carbocycles. The SMILES string of the molecule is CC[CH]c1ccc(C(F)(F)F)c(F)c1. The molecule has 1 radical (unpaired) electrons. The van der Waals surface area contributed by atoms with Crippen molar-refractivity contribution >= 4 is 0 Å². The highest BCUT2D eigenvalue weighted by molar-refractivity contribution is 5.30. The van der Waals surface area contributed by atoms with Crippen molar-refractivity contribution in [3.63, 3.8) is 0 Å². The molecule has 0 bridgehead atoms. The van der Waals surface area contributed by atoms with Crippen LogP contribution in [0.15, 0.2) is 18.2 Å². The van der Waals surface area contributed by atoms with Gasteiger partial charge in [-0.2, -0.15) is 13.2 Å². The van der Waals surface area contributed by atoms with E-state index in [2.05, 4.69) is 0 Å². The standard InChI is InChI=1S/C10H9F4/c1-2-3-7-4-5-8(9(11)6-7)10(12,13)14/h3-6H,2H2,1H3. The van der Waals surface area contributed by atoms with Crippen molar-refractivity contribution in [2.24, 2.45) is 0 Å². The molecule has 0 unspecified atom stereocenters. The maximum atomic E-state index is 12.9. The summed E-state index contributed by atoms with van der Waals surface area (Å²) >= 11 is 0. The zero-order valence-corrected chi connectivity index (χ0v) is 7.53. The Bertz CT molecular complexity index is 314. The highest BCUT2D eigenvalue weighted by Crippen LogP contribution is 2.31. The summed E-state index contributed by atoms with van der Waals surface area (Å²) in [6, 6.07) is 2.92. The molecule has 0 heterocycles. The van der Waals surface area contributed by atoms with Crippen molar-refractivity contribution in [2.75, 3.05) is 0 Å². The van der Waals surface area contributed by atoms with E-state index in [0.29, 0.717) is 12.0 Å². The Morgan fingerprint density at radius 1 is 1.29 bits per heavy atom. The molecule has 0 aliphatic rings. The predicted octanol–water partition coefficient (Wildman–Crippen LogP) is 3.81. The van der Waals surface area contributed by atoms with E-state index in [-0.39, 0.29) is 0 Å². The third-order valence-corrected chi connectivity index (χ3v) is 1.74. The van der Waals surface area contributed by atoms with E-state index in [4.69, 9.17) is 0 Å². The minimum atomic E-state index is -4.62. The Labute approximate surface area is 79.6 Å². The molecular formula is C10H9F4. The molecule has 0 saturated heterocycles. The first-order valence-corrected chi connectivity index (χ1v) is 4.15. The molecule has 0 fully saturated rings. The summed E-state index contributed by atoms with van der Waals surface area (Å²) in [5.41, 5.74) is -0.747. The molecule has 0 aromatic heterocycles. The maximum Gasteiger partial charge on any atom is 0.419 e. The third kappa shape index (κ3) is 2.47. The van der Waals surface area contributed by atoms with Crippen LogP contribution in [0.4, 0.5) is 17.6 Å². The summed E-state index contributed by atoms with van der Waals surface area (Å²) in [7, 11) is 0. The summed E-state index contributed by atoms with van der Waals surface area (Å²) in [6.07, 6.45) is -2.30. The lowest BCUT2D eigenvalue weighted by atomic mass is 10.1. The van der Waals surface area contributed by atoms with E-state index in [9.17, 15) is 17.6 Å². The van der Waals surface area contributed by atoms with Crippen LogP contribution in [0.2, 0.25) is 0 Å². The van der Waals surface area contributed by atoms with Gasteiger partial charge in [-0.15, -0.1) is 0 Å². The van der Waals surface area contributed by atoms with Crippen molar-refractivity contribution < 1.29 is 17.6 Å². The van der Waals surface area contributed by atoms with Crippen LogP contribution in [0.25, 0.3) is 0 Å². The van der Waals surface area contributed by atoms with Gasteiger partial charge in [-0.3, -0.25) is 0 Å². The van der Waals surface area contributed by atoms with Crippen LogP contribution < -0.4 is 0 Å². The lowest BCUT2D eigenvalue weighted by molar-refractivity contribution is -0.140. The van der Waals surface area contributed by atoms with Gasteiger partial charge in [0.1, 0.15) is 5.82 Å². The minimum absolute atomic E-state index is 0.470. The quantitative estimate of drug-likeness (QED) is 0.644. The topological polar surface area (TPSA) is 0 Å².